The van der Waals surface area contributed by atoms with Crippen molar-refractivity contribution in [3.8, 4) is 0 Å². The van der Waals surface area contributed by atoms with Crippen LogP contribution in [0, 0.1) is 6.92 Å². The monoisotopic (exact) mass is 382 g/mol. The molecule has 0 unspecified atom stereocenters. The first kappa shape index (κ1) is 15.0. The van der Waals surface area contributed by atoms with Gasteiger partial charge in [0.05, 0.1) is 5.69 Å². The van der Waals surface area contributed by atoms with Crippen molar-refractivity contribution in [3.63, 3.8) is 0 Å². The molecule has 120 valence electrons. The lowest BCUT2D eigenvalue weighted by molar-refractivity contribution is 0.0998. The fraction of sp³-hybridized carbons (Fsp3) is 0.105. The van der Waals surface area contributed by atoms with Crippen LogP contribution in [0.1, 0.15) is 16.1 Å². The van der Waals surface area contributed by atoms with Crippen LogP contribution in [0.4, 0.5) is 5.69 Å². The van der Waals surface area contributed by atoms with Gasteiger partial charge < -0.3 is 14.3 Å². The Kier molecular flexibility index (Phi) is 3.46. The summed E-state index contributed by atoms with van der Waals surface area (Å²) >= 11 is 3.45. The summed E-state index contributed by atoms with van der Waals surface area (Å²) in [5.41, 5.74) is 3.39. The summed E-state index contributed by atoms with van der Waals surface area (Å²) in [4.78, 5) is 12.7. The first-order valence-electron chi connectivity index (χ1n) is 7.58. The van der Waals surface area contributed by atoms with Gasteiger partial charge in [0.1, 0.15) is 5.58 Å². The molecule has 4 rings (SSSR count). The van der Waals surface area contributed by atoms with Gasteiger partial charge in [-0.2, -0.15) is 0 Å². The number of rotatable bonds is 2. The summed E-state index contributed by atoms with van der Waals surface area (Å²) in [5, 5.41) is 4.92. The molecule has 0 saturated heterocycles. The molecular weight excluding hydrogens is 368 g/mol. The van der Waals surface area contributed by atoms with E-state index in [2.05, 4.69) is 21.2 Å². The lowest BCUT2D eigenvalue weighted by Gasteiger charge is -2.06. The molecule has 0 fully saturated rings. The van der Waals surface area contributed by atoms with Gasteiger partial charge in [-0.25, -0.2) is 0 Å². The van der Waals surface area contributed by atoms with Gasteiger partial charge in [0.2, 0.25) is 0 Å². The molecule has 2 aromatic carbocycles. The van der Waals surface area contributed by atoms with Crippen LogP contribution < -0.4 is 5.32 Å². The smallest absolute Gasteiger partial charge is 0.291 e. The number of hydrogen-bond donors (Lipinski definition) is 1. The van der Waals surface area contributed by atoms with Gasteiger partial charge in [-0.15, -0.1) is 0 Å². The predicted molar refractivity (Wildman–Crippen MR) is 99.5 cm³/mol. The standard InChI is InChI=1S/C19H15BrN2O2/c1-11-14-10-12(20)6-7-17(14)24-18(11)19(23)21-15-4-3-5-16-13(15)8-9-22(16)2/h3-10H,1-2H3,(H,21,23). The maximum absolute atomic E-state index is 12.7. The van der Waals surface area contributed by atoms with E-state index < -0.39 is 0 Å². The first-order valence-corrected chi connectivity index (χ1v) is 8.38. The van der Waals surface area contributed by atoms with Crippen LogP contribution in [0.2, 0.25) is 0 Å². The molecule has 0 saturated carbocycles. The maximum Gasteiger partial charge on any atom is 0.291 e. The van der Waals surface area contributed by atoms with Crippen molar-refractivity contribution in [2.75, 3.05) is 5.32 Å². The Labute approximate surface area is 147 Å². The summed E-state index contributed by atoms with van der Waals surface area (Å²) in [6, 6.07) is 13.6. The number of fused-ring (bicyclic) bond motifs is 2. The topological polar surface area (TPSA) is 47.2 Å². The minimum atomic E-state index is -0.240. The zero-order chi connectivity index (χ0) is 16.8. The van der Waals surface area contributed by atoms with E-state index >= 15 is 0 Å². The van der Waals surface area contributed by atoms with Gasteiger partial charge in [-0.05, 0) is 43.3 Å². The molecule has 0 aliphatic heterocycles. The quantitative estimate of drug-likeness (QED) is 0.514. The molecular formula is C19H15BrN2O2. The van der Waals surface area contributed by atoms with E-state index in [9.17, 15) is 4.79 Å². The second-order valence-electron chi connectivity index (χ2n) is 5.82. The Balaban J connectivity index is 1.75. The van der Waals surface area contributed by atoms with Gasteiger partial charge in [0.25, 0.3) is 5.91 Å². The number of carbonyl (C=O) groups is 1. The SMILES string of the molecule is Cc1c(C(=O)Nc2cccc3c2ccn3C)oc2ccc(Br)cc12. The van der Waals surface area contributed by atoms with Crippen LogP contribution >= 0.6 is 15.9 Å². The van der Waals surface area contributed by atoms with Crippen molar-refractivity contribution in [1.29, 1.82) is 0 Å². The Morgan fingerprint density at radius 2 is 2.00 bits per heavy atom. The van der Waals surface area contributed by atoms with E-state index in [-0.39, 0.29) is 5.91 Å². The number of furan rings is 1. The molecule has 0 spiro atoms. The fourth-order valence-corrected chi connectivity index (χ4v) is 3.36. The predicted octanol–water partition coefficient (Wildman–Crippen LogP) is 5.25. The highest BCUT2D eigenvalue weighted by atomic mass is 79.9. The largest absolute Gasteiger partial charge is 0.451 e. The number of carbonyl (C=O) groups excluding carboxylic acids is 1. The summed E-state index contributed by atoms with van der Waals surface area (Å²) < 4.78 is 8.75. The van der Waals surface area contributed by atoms with Gasteiger partial charge in [-0.3, -0.25) is 4.79 Å². The zero-order valence-corrected chi connectivity index (χ0v) is 14.8. The summed E-state index contributed by atoms with van der Waals surface area (Å²) in [6.07, 6.45) is 1.98. The van der Waals surface area contributed by atoms with Crippen molar-refractivity contribution < 1.29 is 9.21 Å². The van der Waals surface area contributed by atoms with Gasteiger partial charge >= 0.3 is 0 Å². The molecule has 24 heavy (non-hydrogen) atoms. The van der Waals surface area contributed by atoms with Crippen LogP contribution in [-0.2, 0) is 7.05 Å². The Hall–Kier alpha value is -2.53. The number of nitrogens with zero attached hydrogens (tertiary/aromatic N) is 1. The van der Waals surface area contributed by atoms with Gasteiger partial charge in [-0.1, -0.05) is 22.0 Å². The van der Waals surface area contributed by atoms with Crippen molar-refractivity contribution in [2.45, 2.75) is 6.92 Å². The number of aryl methyl sites for hydroxylation is 2. The number of benzene rings is 2. The van der Waals surface area contributed by atoms with Crippen LogP contribution in [0.3, 0.4) is 0 Å². The fourth-order valence-electron chi connectivity index (χ4n) is 3.00. The van der Waals surface area contributed by atoms with Crippen molar-refractivity contribution in [3.05, 3.63) is 64.5 Å². The number of hydrogen-bond acceptors (Lipinski definition) is 2. The normalized spacial score (nSPS) is 11.3. The molecule has 4 aromatic rings. The summed E-state index contributed by atoms with van der Waals surface area (Å²) in [5.74, 6) is 0.104. The zero-order valence-electron chi connectivity index (χ0n) is 13.3. The van der Waals surface area contributed by atoms with E-state index in [4.69, 9.17) is 4.42 Å². The highest BCUT2D eigenvalue weighted by molar-refractivity contribution is 9.10. The van der Waals surface area contributed by atoms with E-state index in [0.29, 0.717) is 11.3 Å². The molecule has 2 aromatic heterocycles. The Morgan fingerprint density at radius 3 is 2.83 bits per heavy atom. The third kappa shape index (κ3) is 2.32. The Bertz CT molecular complexity index is 1090. The minimum Gasteiger partial charge on any atom is -0.451 e. The van der Waals surface area contributed by atoms with Gasteiger partial charge in [0, 0.05) is 39.6 Å². The number of nitrogens with one attached hydrogen (secondary N) is 1. The van der Waals surface area contributed by atoms with Gasteiger partial charge in [0.15, 0.2) is 5.76 Å². The van der Waals surface area contributed by atoms with E-state index in [1.54, 1.807) is 0 Å². The lowest BCUT2D eigenvalue weighted by Crippen LogP contribution is -2.12. The van der Waals surface area contributed by atoms with E-state index in [1.165, 1.54) is 0 Å². The Morgan fingerprint density at radius 1 is 1.17 bits per heavy atom. The molecule has 0 aliphatic carbocycles. The molecule has 1 amide bonds. The number of aromatic nitrogens is 1. The summed E-state index contributed by atoms with van der Waals surface area (Å²) in [7, 11) is 1.98. The summed E-state index contributed by atoms with van der Waals surface area (Å²) in [6.45, 7) is 1.90. The maximum atomic E-state index is 12.7. The lowest BCUT2D eigenvalue weighted by atomic mass is 10.1. The first-order chi connectivity index (χ1) is 11.5. The minimum absolute atomic E-state index is 0.240. The van der Waals surface area contributed by atoms with Crippen LogP contribution in [0.15, 0.2) is 57.6 Å². The highest BCUT2D eigenvalue weighted by Gasteiger charge is 2.18. The molecule has 4 nitrogen and oxygen atoms in total. The average Bonchev–Trinajstić information content (AvgIpc) is 3.10. The van der Waals surface area contributed by atoms with E-state index in [0.717, 1.165) is 32.0 Å². The molecule has 0 radical (unpaired) electrons. The third-order valence-corrected chi connectivity index (χ3v) is 4.77. The number of halogens is 1. The van der Waals surface area contributed by atoms with Crippen LogP contribution in [0.5, 0.6) is 0 Å². The highest BCUT2D eigenvalue weighted by Crippen LogP contribution is 2.30. The van der Waals surface area contributed by atoms with Crippen molar-refractivity contribution in [1.82, 2.24) is 4.57 Å². The molecule has 1 N–H and O–H groups in total. The molecule has 0 bridgehead atoms. The second-order valence-corrected chi connectivity index (χ2v) is 6.73. The van der Waals surface area contributed by atoms with E-state index in [1.807, 2.05) is 67.2 Å². The molecule has 2 heterocycles. The number of amides is 1. The molecule has 5 heteroatoms. The molecule has 0 atom stereocenters. The van der Waals surface area contributed by atoms with Crippen molar-refractivity contribution >= 4 is 49.4 Å². The van der Waals surface area contributed by atoms with Crippen molar-refractivity contribution in [2.24, 2.45) is 7.05 Å². The van der Waals surface area contributed by atoms with Crippen LogP contribution in [-0.4, -0.2) is 10.5 Å². The van der Waals surface area contributed by atoms with Crippen LogP contribution in [0.25, 0.3) is 21.9 Å². The second kappa shape index (κ2) is 5.53. The molecule has 0 aliphatic rings. The average molecular weight is 383 g/mol. The third-order valence-electron chi connectivity index (χ3n) is 4.28. The number of anilines is 1.